The molecule has 0 aliphatic carbocycles. The van der Waals surface area contributed by atoms with Gasteiger partial charge in [0.15, 0.2) is 0 Å². The molecule has 1 aromatic heterocycles. The highest BCUT2D eigenvalue weighted by molar-refractivity contribution is 9.10. The maximum Gasteiger partial charge on any atom is 0.102 e. The van der Waals surface area contributed by atoms with Gasteiger partial charge in [0.1, 0.15) is 5.69 Å². The number of ether oxygens (including phenoxy) is 1. The van der Waals surface area contributed by atoms with Crippen molar-refractivity contribution in [3.63, 3.8) is 0 Å². The van der Waals surface area contributed by atoms with Crippen LogP contribution in [0.1, 0.15) is 17.0 Å². The minimum absolute atomic E-state index is 0.353. The second-order valence-electron chi connectivity index (χ2n) is 3.97. The molecular weight excluding hydrogens is 296 g/mol. The molecule has 0 saturated heterocycles. The molecule has 0 radical (unpaired) electrons. The Morgan fingerprint density at radius 3 is 2.83 bits per heavy atom. The summed E-state index contributed by atoms with van der Waals surface area (Å²) in [7, 11) is 1.64. The molecule has 18 heavy (non-hydrogen) atoms. The van der Waals surface area contributed by atoms with Crippen LogP contribution in [-0.2, 0) is 17.9 Å². The van der Waals surface area contributed by atoms with Crippen LogP contribution in [0.4, 0.5) is 0 Å². The van der Waals surface area contributed by atoms with Gasteiger partial charge in [0.05, 0.1) is 18.0 Å². The van der Waals surface area contributed by atoms with Crippen LogP contribution in [0.25, 0.3) is 5.69 Å². The lowest BCUT2D eigenvalue weighted by Crippen LogP contribution is -2.07. The SMILES string of the molecule is COCc1c(CN)nnn1-c1ccc(C)c(Br)c1. The summed E-state index contributed by atoms with van der Waals surface area (Å²) in [5, 5.41) is 8.21. The highest BCUT2D eigenvalue weighted by atomic mass is 79.9. The van der Waals surface area contributed by atoms with E-state index in [1.165, 1.54) is 5.56 Å². The molecule has 2 N–H and O–H groups in total. The largest absolute Gasteiger partial charge is 0.378 e. The van der Waals surface area contributed by atoms with E-state index in [9.17, 15) is 0 Å². The van der Waals surface area contributed by atoms with E-state index >= 15 is 0 Å². The zero-order chi connectivity index (χ0) is 13.1. The number of aryl methyl sites for hydroxylation is 1. The number of methoxy groups -OCH3 is 1. The molecule has 5 nitrogen and oxygen atoms in total. The second kappa shape index (κ2) is 5.60. The van der Waals surface area contributed by atoms with E-state index in [-0.39, 0.29) is 0 Å². The molecule has 2 rings (SSSR count). The number of benzene rings is 1. The van der Waals surface area contributed by atoms with Gasteiger partial charge in [-0.1, -0.05) is 27.2 Å². The van der Waals surface area contributed by atoms with Crippen molar-refractivity contribution < 1.29 is 4.74 Å². The highest BCUT2D eigenvalue weighted by Gasteiger charge is 2.13. The third-order valence-corrected chi connectivity index (χ3v) is 3.57. The minimum Gasteiger partial charge on any atom is -0.378 e. The van der Waals surface area contributed by atoms with Crippen molar-refractivity contribution in [3.05, 3.63) is 39.6 Å². The van der Waals surface area contributed by atoms with Crippen molar-refractivity contribution in [1.82, 2.24) is 15.0 Å². The molecule has 0 unspecified atom stereocenters. The topological polar surface area (TPSA) is 66.0 Å². The van der Waals surface area contributed by atoms with Gasteiger partial charge in [0.2, 0.25) is 0 Å². The van der Waals surface area contributed by atoms with Crippen LogP contribution in [0.3, 0.4) is 0 Å². The summed E-state index contributed by atoms with van der Waals surface area (Å²) < 4.78 is 7.97. The zero-order valence-electron chi connectivity index (χ0n) is 10.4. The lowest BCUT2D eigenvalue weighted by Gasteiger charge is -2.08. The zero-order valence-corrected chi connectivity index (χ0v) is 11.9. The van der Waals surface area contributed by atoms with Gasteiger partial charge >= 0.3 is 0 Å². The van der Waals surface area contributed by atoms with Gasteiger partial charge in [-0.3, -0.25) is 0 Å². The van der Waals surface area contributed by atoms with Gasteiger partial charge in [-0.15, -0.1) is 5.10 Å². The van der Waals surface area contributed by atoms with Gasteiger partial charge in [-0.25, -0.2) is 4.68 Å². The normalized spacial score (nSPS) is 10.9. The Bertz CT molecular complexity index is 553. The first kappa shape index (κ1) is 13.2. The number of aromatic nitrogens is 3. The Balaban J connectivity index is 2.49. The van der Waals surface area contributed by atoms with E-state index in [4.69, 9.17) is 10.5 Å². The standard InChI is InChI=1S/C12H15BrN4O/c1-8-3-4-9(5-10(8)13)17-12(7-18-2)11(6-14)15-16-17/h3-5H,6-7,14H2,1-2H3. The number of hydrogen-bond donors (Lipinski definition) is 1. The first-order chi connectivity index (χ1) is 8.67. The van der Waals surface area contributed by atoms with Crippen LogP contribution < -0.4 is 5.73 Å². The van der Waals surface area contributed by atoms with Crippen molar-refractivity contribution >= 4 is 15.9 Å². The minimum atomic E-state index is 0.353. The van der Waals surface area contributed by atoms with E-state index < -0.39 is 0 Å². The van der Waals surface area contributed by atoms with Crippen molar-refractivity contribution in [3.8, 4) is 5.69 Å². The highest BCUT2D eigenvalue weighted by Crippen LogP contribution is 2.21. The molecule has 0 aliphatic heterocycles. The van der Waals surface area contributed by atoms with Crippen LogP contribution in [-0.4, -0.2) is 22.1 Å². The molecule has 1 aromatic carbocycles. The van der Waals surface area contributed by atoms with E-state index in [1.54, 1.807) is 11.8 Å². The number of nitrogens with two attached hydrogens (primary N) is 1. The summed E-state index contributed by atoms with van der Waals surface area (Å²) >= 11 is 3.51. The predicted molar refractivity (Wildman–Crippen MR) is 72.4 cm³/mol. The molecule has 1 heterocycles. The van der Waals surface area contributed by atoms with Crippen LogP contribution in [0.5, 0.6) is 0 Å². The Kier molecular flexibility index (Phi) is 4.11. The van der Waals surface area contributed by atoms with Crippen molar-refractivity contribution in [2.24, 2.45) is 5.73 Å². The third kappa shape index (κ3) is 2.45. The smallest absolute Gasteiger partial charge is 0.102 e. The molecule has 0 spiro atoms. The second-order valence-corrected chi connectivity index (χ2v) is 4.82. The molecule has 0 amide bonds. The first-order valence-electron chi connectivity index (χ1n) is 5.56. The number of hydrogen-bond acceptors (Lipinski definition) is 4. The monoisotopic (exact) mass is 310 g/mol. The molecule has 0 aliphatic rings. The fourth-order valence-corrected chi connectivity index (χ4v) is 2.06. The third-order valence-electron chi connectivity index (χ3n) is 2.72. The molecule has 96 valence electrons. The van der Waals surface area contributed by atoms with Crippen molar-refractivity contribution in [2.75, 3.05) is 7.11 Å². The lowest BCUT2D eigenvalue weighted by molar-refractivity contribution is 0.178. The molecule has 2 aromatic rings. The number of nitrogens with zero attached hydrogens (tertiary/aromatic N) is 3. The Morgan fingerprint density at radius 1 is 1.44 bits per heavy atom. The summed E-state index contributed by atoms with van der Waals surface area (Å²) in [4.78, 5) is 0. The van der Waals surface area contributed by atoms with E-state index in [1.807, 2.05) is 25.1 Å². The van der Waals surface area contributed by atoms with Crippen LogP contribution in [0.15, 0.2) is 22.7 Å². The van der Waals surface area contributed by atoms with Gasteiger partial charge in [-0.05, 0) is 24.6 Å². The maximum absolute atomic E-state index is 5.65. The van der Waals surface area contributed by atoms with E-state index in [0.29, 0.717) is 13.2 Å². The average Bonchev–Trinajstić information content (AvgIpc) is 2.76. The summed E-state index contributed by atoms with van der Waals surface area (Å²) in [5.41, 5.74) is 9.40. The van der Waals surface area contributed by atoms with E-state index in [2.05, 4.69) is 26.2 Å². The van der Waals surface area contributed by atoms with Crippen LogP contribution in [0.2, 0.25) is 0 Å². The maximum atomic E-state index is 5.65. The van der Waals surface area contributed by atoms with Gasteiger partial charge in [0.25, 0.3) is 0 Å². The summed E-state index contributed by atoms with van der Waals surface area (Å²) in [5.74, 6) is 0. The predicted octanol–water partition coefficient (Wildman–Crippen LogP) is 1.94. The summed E-state index contributed by atoms with van der Waals surface area (Å²) in [6.45, 7) is 2.83. The van der Waals surface area contributed by atoms with Crippen LogP contribution in [0, 0.1) is 6.92 Å². The quantitative estimate of drug-likeness (QED) is 0.937. The van der Waals surface area contributed by atoms with Crippen molar-refractivity contribution in [2.45, 2.75) is 20.1 Å². The average molecular weight is 311 g/mol. The summed E-state index contributed by atoms with van der Waals surface area (Å²) in [6, 6.07) is 6.03. The Hall–Kier alpha value is -1.24. The van der Waals surface area contributed by atoms with Gasteiger partial charge < -0.3 is 10.5 Å². The molecule has 0 fully saturated rings. The molecular formula is C12H15BrN4O. The van der Waals surface area contributed by atoms with Gasteiger partial charge in [0, 0.05) is 18.1 Å². The van der Waals surface area contributed by atoms with Crippen molar-refractivity contribution in [1.29, 1.82) is 0 Å². The molecule has 0 bridgehead atoms. The Morgan fingerprint density at radius 2 is 2.22 bits per heavy atom. The number of halogens is 1. The lowest BCUT2D eigenvalue weighted by atomic mass is 10.2. The molecule has 6 heteroatoms. The fraction of sp³-hybridized carbons (Fsp3) is 0.333. The van der Waals surface area contributed by atoms with Crippen LogP contribution >= 0.6 is 15.9 Å². The fourth-order valence-electron chi connectivity index (χ4n) is 1.69. The molecule has 0 atom stereocenters. The molecule has 0 saturated carbocycles. The van der Waals surface area contributed by atoms with Gasteiger partial charge in [-0.2, -0.15) is 0 Å². The number of rotatable bonds is 4. The first-order valence-corrected chi connectivity index (χ1v) is 6.35. The summed E-state index contributed by atoms with van der Waals surface area (Å²) in [6.07, 6.45) is 0. The Labute approximate surface area is 114 Å². The van der Waals surface area contributed by atoms with E-state index in [0.717, 1.165) is 21.5 Å².